The Hall–Kier alpha value is -2.42. The lowest BCUT2D eigenvalue weighted by atomic mass is 10.1. The van der Waals surface area contributed by atoms with Crippen LogP contribution in [0.2, 0.25) is 0 Å². The van der Waals surface area contributed by atoms with Crippen LogP contribution in [0.4, 0.5) is 0 Å². The minimum Gasteiger partial charge on any atom is -0.497 e. The third kappa shape index (κ3) is 2.03. The van der Waals surface area contributed by atoms with E-state index in [9.17, 15) is 0 Å². The van der Waals surface area contributed by atoms with Crippen LogP contribution in [0.1, 0.15) is 0 Å². The van der Waals surface area contributed by atoms with E-state index in [0.717, 1.165) is 33.7 Å². The maximum Gasteiger partial charge on any atom is 0.142 e. The number of benzene rings is 2. The molecule has 19 heavy (non-hydrogen) atoms. The lowest BCUT2D eigenvalue weighted by Crippen LogP contribution is -1.84. The summed E-state index contributed by atoms with van der Waals surface area (Å²) >= 11 is 0. The van der Waals surface area contributed by atoms with E-state index in [1.54, 1.807) is 14.2 Å². The molecular weight excluding hydrogens is 238 g/mol. The van der Waals surface area contributed by atoms with Crippen molar-refractivity contribution in [3.63, 3.8) is 0 Å². The average molecular weight is 253 g/mol. The smallest absolute Gasteiger partial charge is 0.142 e. The highest BCUT2D eigenvalue weighted by Gasteiger charge is 2.07. The van der Waals surface area contributed by atoms with Gasteiger partial charge in [-0.15, -0.1) is 0 Å². The molecule has 1 aromatic heterocycles. The van der Waals surface area contributed by atoms with E-state index in [0.29, 0.717) is 0 Å². The van der Waals surface area contributed by atoms with Crippen molar-refractivity contribution in [3.05, 3.63) is 48.5 Å². The van der Waals surface area contributed by atoms with Crippen LogP contribution in [0.15, 0.2) is 48.5 Å². The molecular formula is C16H15NO2. The van der Waals surface area contributed by atoms with Crippen LogP contribution >= 0.6 is 0 Å². The standard InChI is InChI=1S/C16H15NO2/c1-18-13-7-3-5-11(9-13)14-10-12-6-4-8-15(19-2)16(12)17-14/h3-10,17H,1-2H3. The molecule has 0 amide bonds. The zero-order valence-electron chi connectivity index (χ0n) is 10.9. The number of hydrogen-bond donors (Lipinski definition) is 1. The molecule has 3 nitrogen and oxygen atoms in total. The van der Waals surface area contributed by atoms with Gasteiger partial charge in [-0.25, -0.2) is 0 Å². The largest absolute Gasteiger partial charge is 0.497 e. The molecule has 3 aromatic rings. The molecule has 1 N–H and O–H groups in total. The van der Waals surface area contributed by atoms with Crippen LogP contribution in [0, 0.1) is 0 Å². The summed E-state index contributed by atoms with van der Waals surface area (Å²) in [6.07, 6.45) is 0. The summed E-state index contributed by atoms with van der Waals surface area (Å²) in [5, 5.41) is 1.14. The van der Waals surface area contributed by atoms with E-state index < -0.39 is 0 Å². The van der Waals surface area contributed by atoms with Gasteiger partial charge in [0.1, 0.15) is 11.5 Å². The van der Waals surface area contributed by atoms with Crippen molar-refractivity contribution in [2.75, 3.05) is 14.2 Å². The Kier molecular flexibility index (Phi) is 2.88. The summed E-state index contributed by atoms with van der Waals surface area (Å²) in [7, 11) is 3.36. The number of rotatable bonds is 3. The Morgan fingerprint density at radius 2 is 1.74 bits per heavy atom. The van der Waals surface area contributed by atoms with Gasteiger partial charge >= 0.3 is 0 Å². The topological polar surface area (TPSA) is 34.2 Å². The first kappa shape index (κ1) is 11.7. The van der Waals surface area contributed by atoms with Crippen molar-refractivity contribution in [1.82, 2.24) is 4.98 Å². The molecule has 2 aromatic carbocycles. The van der Waals surface area contributed by atoms with Crippen LogP contribution in [-0.4, -0.2) is 19.2 Å². The predicted octanol–water partition coefficient (Wildman–Crippen LogP) is 3.85. The van der Waals surface area contributed by atoms with Crippen molar-refractivity contribution >= 4 is 10.9 Å². The Bertz CT molecular complexity index is 716. The summed E-state index contributed by atoms with van der Waals surface area (Å²) in [5.41, 5.74) is 3.17. The van der Waals surface area contributed by atoms with Gasteiger partial charge in [0.2, 0.25) is 0 Å². The van der Waals surface area contributed by atoms with E-state index >= 15 is 0 Å². The number of methoxy groups -OCH3 is 2. The molecule has 0 atom stereocenters. The highest BCUT2D eigenvalue weighted by atomic mass is 16.5. The third-order valence-electron chi connectivity index (χ3n) is 3.22. The van der Waals surface area contributed by atoms with Gasteiger partial charge in [-0.1, -0.05) is 24.3 Å². The normalized spacial score (nSPS) is 10.6. The summed E-state index contributed by atoms with van der Waals surface area (Å²) < 4.78 is 10.6. The van der Waals surface area contributed by atoms with Crippen molar-refractivity contribution < 1.29 is 9.47 Å². The highest BCUT2D eigenvalue weighted by molar-refractivity contribution is 5.90. The fraction of sp³-hybridized carbons (Fsp3) is 0.125. The summed E-state index contributed by atoms with van der Waals surface area (Å²) in [4.78, 5) is 3.40. The molecule has 0 saturated carbocycles. The van der Waals surface area contributed by atoms with E-state index in [-0.39, 0.29) is 0 Å². The average Bonchev–Trinajstić information content (AvgIpc) is 2.91. The maximum absolute atomic E-state index is 5.37. The summed E-state index contributed by atoms with van der Waals surface area (Å²) in [5.74, 6) is 1.70. The third-order valence-corrected chi connectivity index (χ3v) is 3.22. The molecule has 0 bridgehead atoms. The van der Waals surface area contributed by atoms with Gasteiger partial charge in [-0.2, -0.15) is 0 Å². The molecule has 1 heterocycles. The van der Waals surface area contributed by atoms with E-state index in [1.165, 1.54) is 0 Å². The molecule has 0 aliphatic heterocycles. The van der Waals surface area contributed by atoms with E-state index in [4.69, 9.17) is 9.47 Å². The molecule has 0 aliphatic carbocycles. The fourth-order valence-corrected chi connectivity index (χ4v) is 2.24. The van der Waals surface area contributed by atoms with E-state index in [2.05, 4.69) is 23.2 Å². The van der Waals surface area contributed by atoms with Crippen molar-refractivity contribution in [1.29, 1.82) is 0 Å². The monoisotopic (exact) mass is 253 g/mol. The van der Waals surface area contributed by atoms with Gasteiger partial charge < -0.3 is 14.5 Å². The lowest BCUT2D eigenvalue weighted by molar-refractivity contribution is 0.415. The predicted molar refractivity (Wildman–Crippen MR) is 76.8 cm³/mol. The first-order valence-corrected chi connectivity index (χ1v) is 6.12. The van der Waals surface area contributed by atoms with Crippen molar-refractivity contribution in [3.8, 4) is 22.8 Å². The van der Waals surface area contributed by atoms with E-state index in [1.807, 2.05) is 30.3 Å². The SMILES string of the molecule is COc1cccc(-c2cc3cccc(OC)c3[nH]2)c1. The van der Waals surface area contributed by atoms with Crippen molar-refractivity contribution in [2.24, 2.45) is 0 Å². The van der Waals surface area contributed by atoms with Gasteiger partial charge in [-0.3, -0.25) is 0 Å². The number of ether oxygens (including phenoxy) is 2. The number of para-hydroxylation sites is 1. The number of hydrogen-bond acceptors (Lipinski definition) is 2. The molecule has 0 spiro atoms. The molecule has 0 unspecified atom stereocenters. The Balaban J connectivity index is 2.15. The number of aromatic amines is 1. The first-order chi connectivity index (χ1) is 9.31. The molecule has 0 radical (unpaired) electrons. The quantitative estimate of drug-likeness (QED) is 0.769. The second-order valence-corrected chi connectivity index (χ2v) is 4.34. The fourth-order valence-electron chi connectivity index (χ4n) is 2.24. The number of aromatic nitrogens is 1. The van der Waals surface area contributed by atoms with Crippen LogP contribution < -0.4 is 9.47 Å². The Morgan fingerprint density at radius 3 is 2.53 bits per heavy atom. The second-order valence-electron chi connectivity index (χ2n) is 4.34. The molecule has 0 saturated heterocycles. The first-order valence-electron chi connectivity index (χ1n) is 6.12. The Morgan fingerprint density at radius 1 is 0.895 bits per heavy atom. The number of H-pyrrole nitrogens is 1. The van der Waals surface area contributed by atoms with Gasteiger partial charge in [0.05, 0.1) is 19.7 Å². The van der Waals surface area contributed by atoms with Crippen molar-refractivity contribution in [2.45, 2.75) is 0 Å². The number of fused-ring (bicyclic) bond motifs is 1. The minimum atomic E-state index is 0.850. The number of nitrogens with one attached hydrogen (secondary N) is 1. The molecule has 0 fully saturated rings. The van der Waals surface area contributed by atoms with Gasteiger partial charge in [0, 0.05) is 16.6 Å². The second kappa shape index (κ2) is 4.69. The molecule has 3 rings (SSSR count). The van der Waals surface area contributed by atoms with Crippen LogP contribution in [-0.2, 0) is 0 Å². The highest BCUT2D eigenvalue weighted by Crippen LogP contribution is 2.31. The van der Waals surface area contributed by atoms with Gasteiger partial charge in [0.25, 0.3) is 0 Å². The lowest BCUT2D eigenvalue weighted by Gasteiger charge is -2.02. The zero-order valence-corrected chi connectivity index (χ0v) is 10.9. The van der Waals surface area contributed by atoms with Gasteiger partial charge in [0.15, 0.2) is 0 Å². The zero-order chi connectivity index (χ0) is 13.2. The Labute approximate surface area is 111 Å². The maximum atomic E-state index is 5.37. The van der Waals surface area contributed by atoms with Crippen LogP contribution in [0.3, 0.4) is 0 Å². The summed E-state index contributed by atoms with van der Waals surface area (Å²) in [6.45, 7) is 0. The molecule has 96 valence electrons. The molecule has 0 aliphatic rings. The molecule has 3 heteroatoms. The van der Waals surface area contributed by atoms with Gasteiger partial charge in [-0.05, 0) is 24.3 Å². The van der Waals surface area contributed by atoms with Crippen LogP contribution in [0.5, 0.6) is 11.5 Å². The summed E-state index contributed by atoms with van der Waals surface area (Å²) in [6, 6.07) is 16.1. The van der Waals surface area contributed by atoms with Crippen LogP contribution in [0.25, 0.3) is 22.2 Å². The minimum absolute atomic E-state index is 0.850.